The molecule has 2 N–H and O–H groups in total. The van der Waals surface area contributed by atoms with Crippen LogP contribution in [-0.4, -0.2) is 89.5 Å². The van der Waals surface area contributed by atoms with Crippen molar-refractivity contribution >= 4 is 51.7 Å². The highest BCUT2D eigenvalue weighted by atomic mass is 32.2. The minimum absolute atomic E-state index is 0.00957. The first-order valence-electron chi connectivity index (χ1n) is 19.7. The largest absolute Gasteiger partial charge is 0.497 e. The van der Waals surface area contributed by atoms with Crippen molar-refractivity contribution in [2.24, 2.45) is 5.16 Å². The molecule has 0 bridgehead atoms. The number of anilines is 1. The van der Waals surface area contributed by atoms with Crippen molar-refractivity contribution in [1.82, 2.24) is 20.3 Å². The monoisotopic (exact) mass is 856 g/mol. The third kappa shape index (κ3) is 8.68. The van der Waals surface area contributed by atoms with E-state index in [1.807, 2.05) is 85.9 Å². The van der Waals surface area contributed by atoms with Gasteiger partial charge in [0.15, 0.2) is 10.8 Å². The van der Waals surface area contributed by atoms with E-state index in [1.54, 1.807) is 29.7 Å². The Balaban J connectivity index is 1.03. The predicted octanol–water partition coefficient (Wildman–Crippen LogP) is 6.50. The number of allylic oxidation sites excluding steroid dienone is 1. The summed E-state index contributed by atoms with van der Waals surface area (Å²) in [7, 11) is 4.79. The lowest BCUT2D eigenvalue weighted by Crippen LogP contribution is -2.71. The number of aromatic nitrogens is 1. The van der Waals surface area contributed by atoms with Crippen LogP contribution in [0.3, 0.4) is 0 Å². The fourth-order valence-electron chi connectivity index (χ4n) is 7.59. The Morgan fingerprint density at radius 2 is 1.57 bits per heavy atom. The summed E-state index contributed by atoms with van der Waals surface area (Å²) < 4.78 is 11.0. The molecule has 4 heterocycles. The number of fused-ring (bicyclic) bond motifs is 1. The zero-order valence-corrected chi connectivity index (χ0v) is 35.4. The van der Waals surface area contributed by atoms with Gasteiger partial charge >= 0.3 is 5.97 Å². The first-order valence-corrected chi connectivity index (χ1v) is 21.6. The summed E-state index contributed by atoms with van der Waals surface area (Å²) in [4.78, 5) is 59.2. The van der Waals surface area contributed by atoms with Crippen LogP contribution in [0, 0.1) is 0 Å². The van der Waals surface area contributed by atoms with Gasteiger partial charge in [-0.2, -0.15) is 5.06 Å². The van der Waals surface area contributed by atoms with Gasteiger partial charge in [0.25, 0.3) is 11.8 Å². The molecule has 0 radical (unpaired) electrons. The zero-order chi connectivity index (χ0) is 42.3. The lowest BCUT2D eigenvalue weighted by Gasteiger charge is -2.49. The van der Waals surface area contributed by atoms with E-state index in [1.165, 1.54) is 35.1 Å². The van der Waals surface area contributed by atoms with Gasteiger partial charge in [-0.1, -0.05) is 120 Å². The molecule has 1 unspecified atom stereocenters. The molecular formula is C46H44N6O7S2. The number of thioether (sulfide) groups is 1. The zero-order valence-electron chi connectivity index (χ0n) is 33.7. The van der Waals surface area contributed by atoms with Gasteiger partial charge in [0.05, 0.1) is 13.2 Å². The van der Waals surface area contributed by atoms with Gasteiger partial charge in [-0.25, -0.2) is 9.78 Å². The lowest BCUT2D eigenvalue weighted by atomic mass is 9.77. The number of carbonyl (C=O) groups is 3. The number of ether oxygens (including phenoxy) is 2. The maximum absolute atomic E-state index is 14.1. The van der Waals surface area contributed by atoms with Gasteiger partial charge in [0, 0.05) is 24.7 Å². The van der Waals surface area contributed by atoms with Crippen LogP contribution < -0.4 is 15.4 Å². The number of esters is 1. The van der Waals surface area contributed by atoms with Crippen molar-refractivity contribution in [3.05, 3.63) is 172 Å². The van der Waals surface area contributed by atoms with Crippen LogP contribution in [0.2, 0.25) is 0 Å². The second-order valence-electron chi connectivity index (χ2n) is 14.4. The van der Waals surface area contributed by atoms with E-state index in [0.29, 0.717) is 22.2 Å². The minimum atomic E-state index is -0.959. The molecule has 3 aliphatic heterocycles. The number of hydroxylamine groups is 2. The molecule has 4 aromatic carbocycles. The van der Waals surface area contributed by atoms with Crippen molar-refractivity contribution in [2.45, 2.75) is 36.1 Å². The average molecular weight is 857 g/mol. The summed E-state index contributed by atoms with van der Waals surface area (Å²) in [5.74, 6) is -0.693. The molecule has 0 aliphatic carbocycles. The Bertz CT molecular complexity index is 2350. The number of rotatable bonds is 15. The number of oxime groups is 1. The topological polar surface area (TPSA) is 144 Å². The molecule has 61 heavy (non-hydrogen) atoms. The van der Waals surface area contributed by atoms with Crippen LogP contribution in [0.25, 0.3) is 0 Å². The summed E-state index contributed by atoms with van der Waals surface area (Å²) in [6, 6.07) is 36.5. The van der Waals surface area contributed by atoms with Gasteiger partial charge in [-0.15, -0.1) is 23.1 Å². The quantitative estimate of drug-likeness (QED) is 0.0392. The summed E-state index contributed by atoms with van der Waals surface area (Å²) >= 11 is 2.75. The number of nitrogens with zero attached hydrogens (tertiary/aromatic N) is 4. The Labute approximate surface area is 362 Å². The summed E-state index contributed by atoms with van der Waals surface area (Å²) in [6.45, 7) is 0.765. The van der Waals surface area contributed by atoms with Crippen molar-refractivity contribution in [1.29, 1.82) is 0 Å². The first kappa shape index (κ1) is 41.5. The molecule has 13 nitrogen and oxygen atoms in total. The maximum Gasteiger partial charge on any atom is 0.355 e. The van der Waals surface area contributed by atoms with Crippen molar-refractivity contribution < 1.29 is 33.5 Å². The second kappa shape index (κ2) is 18.6. The van der Waals surface area contributed by atoms with Gasteiger partial charge in [0.1, 0.15) is 47.8 Å². The normalized spacial score (nSPS) is 19.3. The molecule has 3 atom stereocenters. The molecule has 3 aliphatic rings. The highest BCUT2D eigenvalue weighted by molar-refractivity contribution is 8.00. The molecule has 2 saturated heterocycles. The van der Waals surface area contributed by atoms with Crippen LogP contribution in [0.4, 0.5) is 5.13 Å². The van der Waals surface area contributed by atoms with Gasteiger partial charge in [-0.05, 0) is 46.4 Å². The van der Waals surface area contributed by atoms with Crippen LogP contribution in [0.1, 0.15) is 34.4 Å². The Hall–Kier alpha value is -6.26. The van der Waals surface area contributed by atoms with E-state index in [2.05, 4.69) is 52.2 Å². The fourth-order valence-corrected chi connectivity index (χ4v) is 9.66. The summed E-state index contributed by atoms with van der Waals surface area (Å²) in [6.07, 6.45) is 4.35. The third-order valence-corrected chi connectivity index (χ3v) is 12.7. The van der Waals surface area contributed by atoms with E-state index in [-0.39, 0.29) is 29.8 Å². The molecule has 0 saturated carbocycles. The fraction of sp³-hybridized carbons (Fsp3) is 0.239. The number of hydrogen-bond acceptors (Lipinski definition) is 13. The summed E-state index contributed by atoms with van der Waals surface area (Å²) in [5.41, 5.74) is 3.77. The number of hydrogen-bond donors (Lipinski definition) is 2. The molecule has 1 aromatic heterocycles. The number of amides is 2. The number of benzene rings is 4. The number of methoxy groups -OCH3 is 1. The van der Waals surface area contributed by atoms with Gasteiger partial charge in [-0.3, -0.25) is 19.3 Å². The molecule has 15 heteroatoms. The predicted molar refractivity (Wildman–Crippen MR) is 235 cm³/mol. The van der Waals surface area contributed by atoms with Crippen molar-refractivity contribution in [3.8, 4) is 5.75 Å². The van der Waals surface area contributed by atoms with Crippen molar-refractivity contribution in [2.75, 3.05) is 38.9 Å². The molecule has 8 rings (SSSR count). The highest BCUT2D eigenvalue weighted by Crippen LogP contribution is 2.43. The number of thiazole rings is 1. The van der Waals surface area contributed by atoms with Gasteiger partial charge < -0.3 is 24.9 Å². The molecule has 5 aromatic rings. The Morgan fingerprint density at radius 1 is 0.934 bits per heavy atom. The molecule has 2 amide bonds. The lowest BCUT2D eigenvalue weighted by molar-refractivity contribution is -0.153. The Morgan fingerprint density at radius 3 is 2.15 bits per heavy atom. The third-order valence-electron chi connectivity index (χ3n) is 10.6. The van der Waals surface area contributed by atoms with Crippen LogP contribution in [-0.2, 0) is 40.9 Å². The molecule has 312 valence electrons. The molecule has 0 spiro atoms. The standard InChI is InChI=1S/C46H44N6O7S2/c1-51-26-25-36(59-51)24-21-31-28-60-43-39(42(54)52(43)40(31)44(55)58-27-30-19-22-35(56-2)23-20-30)48-41(53)38(50-57-3)37-29-61-45(47-37)49-46(32-13-7-4-8-14-32,33-15-9-5-10-16-33)34-17-11-6-12-18-34/h4-24,29,36,39,43H,25-28H2,1-3H3,(H,47,49)(H,48,53)/b24-21-,50-38-/t36?,39-,43-/m1/s1. The number of β-lactam (4-membered cyclic amide) rings is 1. The number of carbonyl (C=O) groups excluding carboxylic acids is 3. The van der Waals surface area contributed by atoms with E-state index < -0.39 is 34.7 Å². The van der Waals surface area contributed by atoms with Gasteiger partial charge in [0.2, 0.25) is 0 Å². The van der Waals surface area contributed by atoms with Crippen LogP contribution in [0.5, 0.6) is 5.75 Å². The summed E-state index contributed by atoms with van der Waals surface area (Å²) in [5, 5.41) is 14.1. The maximum atomic E-state index is 14.1. The average Bonchev–Trinajstić information content (AvgIpc) is 3.96. The molecule has 2 fully saturated rings. The van der Waals surface area contributed by atoms with E-state index in [4.69, 9.17) is 24.1 Å². The van der Waals surface area contributed by atoms with Crippen LogP contribution in [0.15, 0.2) is 149 Å². The SMILES string of the molecule is CO/N=C(\C(=O)N[C@@H]1C(=O)N2C(C(=O)OCc3ccc(OC)cc3)=C(/C=C\C3CCN(C)O3)CS[C@H]12)c1csc(NC(c2ccccc2)(c2ccccc2)c2ccccc2)n1. The van der Waals surface area contributed by atoms with Crippen LogP contribution >= 0.6 is 23.1 Å². The van der Waals surface area contributed by atoms with E-state index >= 15 is 0 Å². The Kier molecular flexibility index (Phi) is 12.6. The van der Waals surface area contributed by atoms with E-state index in [9.17, 15) is 14.4 Å². The number of nitrogens with one attached hydrogen (secondary N) is 2. The van der Waals surface area contributed by atoms with Crippen molar-refractivity contribution in [3.63, 3.8) is 0 Å². The first-order chi connectivity index (χ1) is 29.8. The second-order valence-corrected chi connectivity index (χ2v) is 16.4. The smallest absolute Gasteiger partial charge is 0.355 e. The molecular weight excluding hydrogens is 813 g/mol. The van der Waals surface area contributed by atoms with E-state index in [0.717, 1.165) is 35.2 Å². The minimum Gasteiger partial charge on any atom is -0.497 e. The highest BCUT2D eigenvalue weighted by Gasteiger charge is 2.54.